The maximum atomic E-state index is 13.0. The van der Waals surface area contributed by atoms with E-state index in [0.29, 0.717) is 0 Å². The second-order valence-corrected chi connectivity index (χ2v) is 7.74. The molecule has 0 aliphatic carbocycles. The molecule has 0 radical (unpaired) electrons. The predicted molar refractivity (Wildman–Crippen MR) is 89.9 cm³/mol. The molecule has 0 heterocycles. The van der Waals surface area contributed by atoms with Crippen molar-refractivity contribution in [2.45, 2.75) is 17.6 Å². The number of carbonyl (C=O) groups excluding carboxylic acids is 1. The van der Waals surface area contributed by atoms with Crippen molar-refractivity contribution < 1.29 is 26.4 Å². The van der Waals surface area contributed by atoms with Gasteiger partial charge in [0.25, 0.3) is 5.91 Å². The molecule has 5 nitrogen and oxygen atoms in total. The van der Waals surface area contributed by atoms with E-state index in [4.69, 9.17) is 0 Å². The number of nitrogens with one attached hydrogen (secondary N) is 1. The fourth-order valence-corrected chi connectivity index (χ4v) is 3.41. The van der Waals surface area contributed by atoms with E-state index in [2.05, 4.69) is 5.32 Å². The number of halogens is 3. The lowest BCUT2D eigenvalue weighted by Gasteiger charge is -2.16. The second-order valence-electron chi connectivity index (χ2n) is 5.62. The van der Waals surface area contributed by atoms with Gasteiger partial charge in [0.1, 0.15) is 0 Å². The third kappa shape index (κ3) is 4.23. The van der Waals surface area contributed by atoms with Crippen LogP contribution in [0.1, 0.15) is 21.5 Å². The van der Waals surface area contributed by atoms with E-state index in [-0.39, 0.29) is 17.0 Å². The maximum Gasteiger partial charge on any atom is 0.417 e. The third-order valence-corrected chi connectivity index (χ3v) is 5.56. The van der Waals surface area contributed by atoms with Gasteiger partial charge in [-0.2, -0.15) is 13.2 Å². The second kappa shape index (κ2) is 7.46. The molecule has 0 atom stereocenters. The topological polar surface area (TPSA) is 66.5 Å². The quantitative estimate of drug-likeness (QED) is 0.859. The van der Waals surface area contributed by atoms with E-state index in [1.165, 1.54) is 44.4 Å². The van der Waals surface area contributed by atoms with E-state index in [0.717, 1.165) is 16.4 Å². The van der Waals surface area contributed by atoms with E-state index in [1.807, 2.05) is 0 Å². The van der Waals surface area contributed by atoms with Gasteiger partial charge in [-0.25, -0.2) is 12.7 Å². The number of nitrogens with zero attached hydrogens (tertiary/aromatic N) is 1. The Morgan fingerprint density at radius 2 is 1.62 bits per heavy atom. The Labute approximate surface area is 149 Å². The molecule has 140 valence electrons. The SMILES string of the molecule is CN(C)S(=O)(=O)c1ccccc1CNC(=O)c1ccccc1C(F)(F)F. The van der Waals surface area contributed by atoms with E-state index in [9.17, 15) is 26.4 Å². The van der Waals surface area contributed by atoms with Crippen LogP contribution in [-0.2, 0) is 22.7 Å². The minimum Gasteiger partial charge on any atom is -0.348 e. The number of hydrogen-bond donors (Lipinski definition) is 1. The molecule has 9 heteroatoms. The maximum absolute atomic E-state index is 13.0. The summed E-state index contributed by atoms with van der Waals surface area (Å²) < 4.78 is 64.7. The molecule has 0 unspecified atom stereocenters. The molecule has 0 saturated carbocycles. The van der Waals surface area contributed by atoms with Gasteiger partial charge in [-0.15, -0.1) is 0 Å². The normalized spacial score (nSPS) is 12.2. The Bertz CT molecular complexity index is 909. The fraction of sp³-hybridized carbons (Fsp3) is 0.235. The molecular weight excluding hydrogens is 369 g/mol. The van der Waals surface area contributed by atoms with Crippen LogP contribution in [0.4, 0.5) is 13.2 Å². The van der Waals surface area contributed by atoms with E-state index in [1.54, 1.807) is 6.07 Å². The van der Waals surface area contributed by atoms with Crippen LogP contribution in [0.3, 0.4) is 0 Å². The number of carbonyl (C=O) groups is 1. The summed E-state index contributed by atoms with van der Waals surface area (Å²) in [6.45, 7) is -0.228. The summed E-state index contributed by atoms with van der Waals surface area (Å²) >= 11 is 0. The van der Waals surface area contributed by atoms with Gasteiger partial charge >= 0.3 is 6.18 Å². The van der Waals surface area contributed by atoms with Crippen molar-refractivity contribution in [3.05, 3.63) is 65.2 Å². The van der Waals surface area contributed by atoms with Crippen LogP contribution in [0.15, 0.2) is 53.4 Å². The number of alkyl halides is 3. The average Bonchev–Trinajstić information content (AvgIpc) is 2.59. The zero-order valence-electron chi connectivity index (χ0n) is 14.0. The van der Waals surface area contributed by atoms with Crippen molar-refractivity contribution in [3.8, 4) is 0 Å². The molecule has 1 N–H and O–H groups in total. The summed E-state index contributed by atoms with van der Waals surface area (Å²) in [4.78, 5) is 12.2. The Morgan fingerprint density at radius 1 is 1.04 bits per heavy atom. The Balaban J connectivity index is 2.28. The van der Waals surface area contributed by atoms with Crippen molar-refractivity contribution in [3.63, 3.8) is 0 Å². The van der Waals surface area contributed by atoms with Crippen LogP contribution >= 0.6 is 0 Å². The van der Waals surface area contributed by atoms with Crippen LogP contribution in [0.2, 0.25) is 0 Å². The van der Waals surface area contributed by atoms with Crippen molar-refractivity contribution in [2.75, 3.05) is 14.1 Å². The lowest BCUT2D eigenvalue weighted by atomic mass is 10.1. The first-order chi connectivity index (χ1) is 12.0. The van der Waals surface area contributed by atoms with E-state index >= 15 is 0 Å². The Hall–Kier alpha value is -2.39. The first-order valence-electron chi connectivity index (χ1n) is 7.50. The van der Waals surface area contributed by atoms with Gasteiger partial charge in [0.15, 0.2) is 0 Å². The molecule has 0 aromatic heterocycles. The van der Waals surface area contributed by atoms with Crippen LogP contribution in [0.25, 0.3) is 0 Å². The van der Waals surface area contributed by atoms with Crippen LogP contribution in [0.5, 0.6) is 0 Å². The van der Waals surface area contributed by atoms with Crippen LogP contribution in [0, 0.1) is 0 Å². The number of amides is 1. The average molecular weight is 386 g/mol. The summed E-state index contributed by atoms with van der Waals surface area (Å²) in [5, 5.41) is 2.36. The van der Waals surface area contributed by atoms with Crippen LogP contribution in [-0.4, -0.2) is 32.7 Å². The minimum atomic E-state index is -4.67. The minimum absolute atomic E-state index is 0.0191. The molecule has 0 aliphatic heterocycles. The zero-order valence-corrected chi connectivity index (χ0v) is 14.9. The number of hydrogen-bond acceptors (Lipinski definition) is 3. The molecule has 0 aliphatic rings. The van der Waals surface area contributed by atoms with Gasteiger partial charge in [0, 0.05) is 20.6 Å². The van der Waals surface area contributed by atoms with Crippen LogP contribution < -0.4 is 5.32 Å². The first-order valence-corrected chi connectivity index (χ1v) is 8.94. The number of sulfonamides is 1. The van der Waals surface area contributed by atoms with Crippen molar-refractivity contribution in [1.29, 1.82) is 0 Å². The highest BCUT2D eigenvalue weighted by Gasteiger charge is 2.34. The summed E-state index contributed by atoms with van der Waals surface area (Å²) in [6.07, 6.45) is -4.67. The standard InChI is InChI=1S/C17H17F3N2O3S/c1-22(2)26(24,25)15-10-6-3-7-12(15)11-21-16(23)13-8-4-5-9-14(13)17(18,19)20/h3-10H,11H2,1-2H3,(H,21,23). The molecule has 2 aromatic rings. The van der Waals surface area contributed by atoms with Gasteiger partial charge < -0.3 is 5.32 Å². The summed E-state index contributed by atoms with van der Waals surface area (Å²) in [5.74, 6) is -0.935. The number of benzene rings is 2. The van der Waals surface area contributed by atoms with Gasteiger partial charge in [0.05, 0.1) is 16.0 Å². The van der Waals surface area contributed by atoms with Crippen molar-refractivity contribution >= 4 is 15.9 Å². The largest absolute Gasteiger partial charge is 0.417 e. The molecular formula is C17H17F3N2O3S. The summed E-state index contributed by atoms with van der Waals surface area (Å²) in [7, 11) is -1.02. The number of rotatable bonds is 5. The zero-order chi connectivity index (χ0) is 19.5. The highest BCUT2D eigenvalue weighted by atomic mass is 32.2. The van der Waals surface area contributed by atoms with Crippen molar-refractivity contribution in [1.82, 2.24) is 9.62 Å². The van der Waals surface area contributed by atoms with E-state index < -0.39 is 33.2 Å². The first kappa shape index (κ1) is 19.9. The molecule has 26 heavy (non-hydrogen) atoms. The lowest BCUT2D eigenvalue weighted by molar-refractivity contribution is -0.137. The molecule has 0 bridgehead atoms. The summed E-state index contributed by atoms with van der Waals surface area (Å²) in [5.41, 5.74) is -1.29. The smallest absolute Gasteiger partial charge is 0.348 e. The molecule has 2 rings (SSSR count). The highest BCUT2D eigenvalue weighted by molar-refractivity contribution is 7.89. The molecule has 1 amide bonds. The molecule has 2 aromatic carbocycles. The van der Waals surface area contributed by atoms with Gasteiger partial charge in [-0.05, 0) is 23.8 Å². The summed E-state index contributed by atoms with van der Waals surface area (Å²) in [6, 6.07) is 10.4. The predicted octanol–water partition coefficient (Wildman–Crippen LogP) is 2.89. The lowest BCUT2D eigenvalue weighted by Crippen LogP contribution is -2.28. The third-order valence-electron chi connectivity index (χ3n) is 3.65. The Morgan fingerprint density at radius 3 is 2.23 bits per heavy atom. The Kier molecular flexibility index (Phi) is 5.72. The van der Waals surface area contributed by atoms with Gasteiger partial charge in [0.2, 0.25) is 10.0 Å². The monoisotopic (exact) mass is 386 g/mol. The van der Waals surface area contributed by atoms with Gasteiger partial charge in [-0.1, -0.05) is 30.3 Å². The fourth-order valence-electron chi connectivity index (χ4n) is 2.30. The highest BCUT2D eigenvalue weighted by Crippen LogP contribution is 2.31. The molecule has 0 spiro atoms. The molecule has 0 fully saturated rings. The van der Waals surface area contributed by atoms with Gasteiger partial charge in [-0.3, -0.25) is 4.79 Å². The molecule has 0 saturated heterocycles. The van der Waals surface area contributed by atoms with Crippen molar-refractivity contribution in [2.24, 2.45) is 0 Å².